The summed E-state index contributed by atoms with van der Waals surface area (Å²) in [5.41, 5.74) is 0.964. The Labute approximate surface area is 189 Å². The average molecular weight is 460 g/mol. The van der Waals surface area contributed by atoms with E-state index in [4.69, 9.17) is 4.74 Å². The molecule has 1 heterocycles. The first-order chi connectivity index (χ1) is 15.3. The van der Waals surface area contributed by atoms with E-state index in [1.54, 1.807) is 19.1 Å². The normalized spacial score (nSPS) is 17.9. The number of sulfonamides is 1. The highest BCUT2D eigenvalue weighted by molar-refractivity contribution is 7.89. The summed E-state index contributed by atoms with van der Waals surface area (Å²) in [6, 6.07) is 15.0. The van der Waals surface area contributed by atoms with Gasteiger partial charge in [0.2, 0.25) is 21.8 Å². The van der Waals surface area contributed by atoms with E-state index in [-0.39, 0.29) is 23.3 Å². The Morgan fingerprint density at radius 3 is 2.47 bits per heavy atom. The summed E-state index contributed by atoms with van der Waals surface area (Å²) in [5, 5.41) is 5.52. The van der Waals surface area contributed by atoms with E-state index in [9.17, 15) is 18.0 Å². The Morgan fingerprint density at radius 1 is 1.12 bits per heavy atom. The number of hydrogen-bond donors (Lipinski definition) is 2. The highest BCUT2D eigenvalue weighted by atomic mass is 32.2. The van der Waals surface area contributed by atoms with E-state index in [1.165, 1.54) is 23.5 Å². The lowest BCUT2D eigenvalue weighted by Gasteiger charge is -2.31. The molecule has 0 radical (unpaired) electrons. The third-order valence-electron chi connectivity index (χ3n) is 5.51. The fourth-order valence-corrected chi connectivity index (χ4v) is 5.13. The molecule has 0 saturated carbocycles. The summed E-state index contributed by atoms with van der Waals surface area (Å²) in [4.78, 5) is 25.3. The summed E-state index contributed by atoms with van der Waals surface area (Å²) in [7, 11) is -2.20. The van der Waals surface area contributed by atoms with Crippen molar-refractivity contribution < 1.29 is 22.7 Å². The van der Waals surface area contributed by atoms with Crippen LogP contribution < -0.4 is 15.4 Å². The van der Waals surface area contributed by atoms with Crippen LogP contribution in [0.25, 0.3) is 0 Å². The molecule has 172 valence electrons. The van der Waals surface area contributed by atoms with E-state index >= 15 is 0 Å². The van der Waals surface area contributed by atoms with Gasteiger partial charge in [0.25, 0.3) is 0 Å². The highest BCUT2D eigenvalue weighted by Crippen LogP contribution is 2.25. The van der Waals surface area contributed by atoms with Crippen molar-refractivity contribution in [1.29, 1.82) is 0 Å². The van der Waals surface area contributed by atoms with Gasteiger partial charge in [-0.25, -0.2) is 8.42 Å². The van der Waals surface area contributed by atoms with E-state index in [1.807, 2.05) is 30.3 Å². The molecule has 2 atom stereocenters. The fourth-order valence-electron chi connectivity index (χ4n) is 3.61. The third-order valence-corrected chi connectivity index (χ3v) is 7.39. The van der Waals surface area contributed by atoms with Crippen molar-refractivity contribution in [2.45, 2.75) is 37.2 Å². The Hall–Kier alpha value is -2.91. The number of nitrogens with zero attached hydrogens (tertiary/aromatic N) is 1. The van der Waals surface area contributed by atoms with Gasteiger partial charge in [-0.15, -0.1) is 0 Å². The van der Waals surface area contributed by atoms with Crippen LogP contribution in [0.5, 0.6) is 5.75 Å². The molecule has 0 spiro atoms. The molecule has 32 heavy (non-hydrogen) atoms. The van der Waals surface area contributed by atoms with Crippen LogP contribution in [0.15, 0.2) is 59.5 Å². The van der Waals surface area contributed by atoms with E-state index in [0.29, 0.717) is 31.7 Å². The van der Waals surface area contributed by atoms with Crippen LogP contribution in [-0.2, 0) is 26.2 Å². The molecule has 2 aromatic rings. The molecule has 0 bridgehead atoms. The topological polar surface area (TPSA) is 105 Å². The van der Waals surface area contributed by atoms with Gasteiger partial charge in [0.05, 0.1) is 17.9 Å². The van der Waals surface area contributed by atoms with Gasteiger partial charge in [-0.1, -0.05) is 30.3 Å². The second-order valence-electron chi connectivity index (χ2n) is 7.81. The molecule has 1 aliphatic rings. The van der Waals surface area contributed by atoms with Crippen LogP contribution in [0.4, 0.5) is 0 Å². The highest BCUT2D eigenvalue weighted by Gasteiger charge is 2.34. The van der Waals surface area contributed by atoms with Crippen LogP contribution >= 0.6 is 0 Å². The van der Waals surface area contributed by atoms with Crippen molar-refractivity contribution in [2.24, 2.45) is 5.92 Å². The van der Waals surface area contributed by atoms with Gasteiger partial charge in [0.1, 0.15) is 11.8 Å². The Kier molecular flexibility index (Phi) is 7.87. The molecule has 8 nitrogen and oxygen atoms in total. The number of rotatable bonds is 8. The number of nitrogens with one attached hydrogen (secondary N) is 2. The van der Waals surface area contributed by atoms with Gasteiger partial charge >= 0.3 is 0 Å². The van der Waals surface area contributed by atoms with E-state index < -0.39 is 22.0 Å². The lowest BCUT2D eigenvalue weighted by Crippen LogP contribution is -2.50. The lowest BCUT2D eigenvalue weighted by molar-refractivity contribution is -0.131. The van der Waals surface area contributed by atoms with Crippen LogP contribution in [-0.4, -0.2) is 50.8 Å². The molecule has 9 heteroatoms. The Morgan fingerprint density at radius 2 is 1.81 bits per heavy atom. The van der Waals surface area contributed by atoms with E-state index in [2.05, 4.69) is 10.6 Å². The molecule has 2 N–H and O–H groups in total. The van der Waals surface area contributed by atoms with Crippen LogP contribution in [0, 0.1) is 5.92 Å². The number of amides is 2. The van der Waals surface area contributed by atoms with Crippen molar-refractivity contribution in [3.05, 3.63) is 60.2 Å². The molecule has 1 saturated heterocycles. The number of carbonyl (C=O) groups excluding carboxylic acids is 2. The van der Waals surface area contributed by atoms with Crippen molar-refractivity contribution in [3.63, 3.8) is 0 Å². The number of methoxy groups -OCH3 is 1. The Balaban J connectivity index is 1.56. The molecule has 0 unspecified atom stereocenters. The van der Waals surface area contributed by atoms with Gasteiger partial charge in [0, 0.05) is 19.6 Å². The summed E-state index contributed by atoms with van der Waals surface area (Å²) in [5.74, 6) is -0.553. The lowest BCUT2D eigenvalue weighted by atomic mass is 9.98. The molecule has 1 fully saturated rings. The number of ether oxygens (including phenoxy) is 1. The fraction of sp³-hybridized carbons (Fsp3) is 0.391. The smallest absolute Gasteiger partial charge is 0.243 e. The predicted molar refractivity (Wildman–Crippen MR) is 120 cm³/mol. The van der Waals surface area contributed by atoms with Crippen molar-refractivity contribution in [3.8, 4) is 5.75 Å². The number of benzene rings is 2. The Bertz CT molecular complexity index is 1030. The number of piperidine rings is 1. The molecular formula is C23H29N3O5S. The minimum Gasteiger partial charge on any atom is -0.497 e. The maximum atomic E-state index is 13.0. The maximum absolute atomic E-state index is 13.0. The molecule has 2 amide bonds. The van der Waals surface area contributed by atoms with Gasteiger partial charge in [0.15, 0.2) is 0 Å². The largest absolute Gasteiger partial charge is 0.497 e. The van der Waals surface area contributed by atoms with Crippen molar-refractivity contribution >= 4 is 21.8 Å². The summed E-state index contributed by atoms with van der Waals surface area (Å²) >= 11 is 0. The number of hydrogen-bond acceptors (Lipinski definition) is 5. The van der Waals surface area contributed by atoms with E-state index in [0.717, 1.165) is 5.56 Å². The molecule has 0 aromatic heterocycles. The monoisotopic (exact) mass is 459 g/mol. The summed E-state index contributed by atoms with van der Waals surface area (Å²) < 4.78 is 32.4. The minimum atomic E-state index is -3.72. The van der Waals surface area contributed by atoms with Crippen molar-refractivity contribution in [1.82, 2.24) is 14.9 Å². The molecule has 0 aliphatic carbocycles. The molecule has 2 aromatic carbocycles. The first kappa shape index (κ1) is 23.7. The minimum absolute atomic E-state index is 0.0819. The van der Waals surface area contributed by atoms with Crippen LogP contribution in [0.1, 0.15) is 25.3 Å². The van der Waals surface area contributed by atoms with Gasteiger partial charge in [-0.2, -0.15) is 4.31 Å². The first-order valence-electron chi connectivity index (χ1n) is 10.6. The summed E-state index contributed by atoms with van der Waals surface area (Å²) in [6.07, 6.45) is 1.14. The maximum Gasteiger partial charge on any atom is 0.243 e. The summed E-state index contributed by atoms with van der Waals surface area (Å²) in [6.45, 7) is 2.42. The SMILES string of the molecule is COc1ccc(S(=O)(=O)N2CCC[C@H](C(=O)N[C@H](C)C(=O)NCc3ccccc3)C2)cc1. The quantitative estimate of drug-likeness (QED) is 0.628. The third kappa shape index (κ3) is 5.86. The van der Waals surface area contributed by atoms with Gasteiger partial charge < -0.3 is 15.4 Å². The van der Waals surface area contributed by atoms with Gasteiger partial charge in [-0.3, -0.25) is 9.59 Å². The van der Waals surface area contributed by atoms with Crippen LogP contribution in [0.2, 0.25) is 0 Å². The molecule has 3 rings (SSSR count). The zero-order valence-corrected chi connectivity index (χ0v) is 19.1. The molecule has 1 aliphatic heterocycles. The van der Waals surface area contributed by atoms with Gasteiger partial charge in [-0.05, 0) is 49.6 Å². The second-order valence-corrected chi connectivity index (χ2v) is 9.75. The standard InChI is InChI=1S/C23H29N3O5S/c1-17(22(27)24-15-18-7-4-3-5-8-18)25-23(28)19-9-6-14-26(16-19)32(29,30)21-12-10-20(31-2)11-13-21/h3-5,7-8,10-13,17,19H,6,9,14-16H2,1-2H3,(H,24,27)(H,25,28)/t17-,19+/m1/s1. The first-order valence-corrected chi connectivity index (χ1v) is 12.0. The molecular weight excluding hydrogens is 430 g/mol. The zero-order valence-electron chi connectivity index (χ0n) is 18.3. The average Bonchev–Trinajstić information content (AvgIpc) is 2.83. The zero-order chi connectivity index (χ0) is 23.1. The van der Waals surface area contributed by atoms with Crippen molar-refractivity contribution in [2.75, 3.05) is 20.2 Å². The van der Waals surface area contributed by atoms with Crippen LogP contribution in [0.3, 0.4) is 0 Å². The number of carbonyl (C=O) groups is 2. The second kappa shape index (κ2) is 10.6. The predicted octanol–water partition coefficient (Wildman–Crippen LogP) is 1.92.